The second kappa shape index (κ2) is 8.90. The van der Waals surface area contributed by atoms with Crippen LogP contribution in [0, 0.1) is 0 Å². The van der Waals surface area contributed by atoms with Crippen LogP contribution in [-0.4, -0.2) is 43.7 Å². The molecular formula is C23H24N4O6S. The predicted octanol–water partition coefficient (Wildman–Crippen LogP) is 3.82. The maximum absolute atomic E-state index is 13.5. The molecule has 4 aromatic rings. The van der Waals surface area contributed by atoms with Crippen molar-refractivity contribution in [1.29, 1.82) is 0 Å². The van der Waals surface area contributed by atoms with Crippen LogP contribution in [0.4, 0.5) is 5.82 Å². The molecule has 0 atom stereocenters. The monoisotopic (exact) mass is 484 g/mol. The molecular weight excluding hydrogens is 460 g/mol. The Labute approximate surface area is 196 Å². The molecule has 1 aliphatic rings. The molecule has 1 N–H and O–H groups in total. The number of nitrogens with one attached hydrogen (secondary N) is 1. The first kappa shape index (κ1) is 22.1. The van der Waals surface area contributed by atoms with Crippen LogP contribution in [0.1, 0.15) is 24.8 Å². The average molecular weight is 485 g/mol. The molecule has 2 aromatic heterocycles. The zero-order valence-corrected chi connectivity index (χ0v) is 19.5. The summed E-state index contributed by atoms with van der Waals surface area (Å²) in [5.74, 6) is 0.839. The highest BCUT2D eigenvalue weighted by Crippen LogP contribution is 2.39. The highest BCUT2D eigenvalue weighted by molar-refractivity contribution is 7.93. The molecule has 5 rings (SSSR count). The van der Waals surface area contributed by atoms with Gasteiger partial charge < -0.3 is 18.7 Å². The van der Waals surface area contributed by atoms with Crippen LogP contribution in [0.3, 0.4) is 0 Å². The van der Waals surface area contributed by atoms with Crippen molar-refractivity contribution >= 4 is 26.8 Å². The molecule has 0 spiro atoms. The van der Waals surface area contributed by atoms with Crippen LogP contribution < -0.4 is 18.9 Å². The van der Waals surface area contributed by atoms with Gasteiger partial charge in [0.1, 0.15) is 22.6 Å². The maximum Gasteiger partial charge on any atom is 0.270 e. The van der Waals surface area contributed by atoms with E-state index in [1.54, 1.807) is 41.2 Å². The first-order chi connectivity index (χ1) is 16.5. The van der Waals surface area contributed by atoms with Gasteiger partial charge in [0.2, 0.25) is 0 Å². The number of aromatic nitrogens is 3. The van der Waals surface area contributed by atoms with E-state index >= 15 is 0 Å². The third-order valence-corrected chi connectivity index (χ3v) is 7.13. The van der Waals surface area contributed by atoms with E-state index in [9.17, 15) is 8.42 Å². The summed E-state index contributed by atoms with van der Waals surface area (Å²) in [4.78, 5) is -0.0881. The molecule has 2 heterocycles. The fourth-order valence-corrected chi connectivity index (χ4v) is 5.15. The van der Waals surface area contributed by atoms with Gasteiger partial charge in [0.15, 0.2) is 16.3 Å². The topological polar surface area (TPSA) is 118 Å². The van der Waals surface area contributed by atoms with Crippen molar-refractivity contribution < 1.29 is 27.2 Å². The molecule has 0 amide bonds. The van der Waals surface area contributed by atoms with Gasteiger partial charge in [-0.05, 0) is 55.2 Å². The molecule has 2 aromatic carbocycles. The van der Waals surface area contributed by atoms with Gasteiger partial charge in [-0.2, -0.15) is 5.10 Å². The number of ether oxygens (including phenoxy) is 3. The summed E-state index contributed by atoms with van der Waals surface area (Å²) in [6, 6.07) is 10.3. The number of hydrogen-bond acceptors (Lipinski definition) is 8. The molecule has 1 aliphatic carbocycles. The molecule has 11 heteroatoms. The van der Waals surface area contributed by atoms with E-state index in [0.29, 0.717) is 23.3 Å². The largest absolute Gasteiger partial charge is 0.496 e. The molecule has 0 saturated heterocycles. The molecule has 0 radical (unpaired) electrons. The lowest BCUT2D eigenvalue weighted by atomic mass is 9.96. The minimum Gasteiger partial charge on any atom is -0.496 e. The summed E-state index contributed by atoms with van der Waals surface area (Å²) in [6.45, 7) is 0.490. The molecule has 34 heavy (non-hydrogen) atoms. The van der Waals surface area contributed by atoms with Crippen LogP contribution in [0.15, 0.2) is 58.2 Å². The van der Waals surface area contributed by atoms with E-state index in [0.717, 1.165) is 24.8 Å². The normalized spacial score (nSPS) is 14.1. The molecule has 1 saturated carbocycles. The maximum atomic E-state index is 13.5. The zero-order valence-electron chi connectivity index (χ0n) is 18.7. The summed E-state index contributed by atoms with van der Waals surface area (Å²) in [5, 5.41) is 8.59. The Morgan fingerprint density at radius 1 is 1.12 bits per heavy atom. The van der Waals surface area contributed by atoms with E-state index in [2.05, 4.69) is 15.0 Å². The van der Waals surface area contributed by atoms with Crippen molar-refractivity contribution in [3.8, 4) is 17.2 Å². The minimum atomic E-state index is -4.15. The third kappa shape index (κ3) is 4.14. The third-order valence-electron chi connectivity index (χ3n) is 5.73. The average Bonchev–Trinajstić information content (AvgIpc) is 3.45. The van der Waals surface area contributed by atoms with Crippen molar-refractivity contribution in [1.82, 2.24) is 14.9 Å². The van der Waals surface area contributed by atoms with Crippen molar-refractivity contribution in [2.75, 3.05) is 18.9 Å². The lowest BCUT2D eigenvalue weighted by molar-refractivity contribution is 0.116. The van der Waals surface area contributed by atoms with Crippen LogP contribution in [-0.2, 0) is 16.6 Å². The van der Waals surface area contributed by atoms with Crippen molar-refractivity contribution in [2.45, 2.75) is 36.8 Å². The predicted molar refractivity (Wildman–Crippen MR) is 124 cm³/mol. The van der Waals surface area contributed by atoms with Crippen molar-refractivity contribution in [3.63, 3.8) is 0 Å². The fourth-order valence-electron chi connectivity index (χ4n) is 3.85. The van der Waals surface area contributed by atoms with Crippen LogP contribution >= 0.6 is 0 Å². The van der Waals surface area contributed by atoms with Crippen LogP contribution in [0.5, 0.6) is 17.2 Å². The Balaban J connectivity index is 1.51. The van der Waals surface area contributed by atoms with Crippen molar-refractivity contribution in [2.24, 2.45) is 0 Å². The van der Waals surface area contributed by atoms with Gasteiger partial charge in [0, 0.05) is 12.4 Å². The van der Waals surface area contributed by atoms with E-state index in [1.165, 1.54) is 14.2 Å². The molecule has 178 valence electrons. The number of fused-ring (bicyclic) bond motifs is 1. The first-order valence-corrected chi connectivity index (χ1v) is 12.3. The van der Waals surface area contributed by atoms with Gasteiger partial charge in [-0.1, -0.05) is 11.2 Å². The molecule has 0 unspecified atom stereocenters. The number of benzene rings is 2. The Bertz CT molecular complexity index is 1410. The van der Waals surface area contributed by atoms with Gasteiger partial charge in [-0.15, -0.1) is 0 Å². The number of hydrogen-bond donors (Lipinski definition) is 1. The number of nitrogens with zero attached hydrogens (tertiary/aromatic N) is 3. The van der Waals surface area contributed by atoms with E-state index in [4.69, 9.17) is 18.7 Å². The Kier molecular flexibility index (Phi) is 5.78. The first-order valence-electron chi connectivity index (χ1n) is 10.8. The molecule has 10 nitrogen and oxygen atoms in total. The van der Waals surface area contributed by atoms with Crippen molar-refractivity contribution in [3.05, 3.63) is 54.4 Å². The van der Waals surface area contributed by atoms with Crippen LogP contribution in [0.25, 0.3) is 11.0 Å². The van der Waals surface area contributed by atoms with E-state index < -0.39 is 10.0 Å². The van der Waals surface area contributed by atoms with Gasteiger partial charge in [-0.25, -0.2) is 8.42 Å². The molecule has 0 bridgehead atoms. The lowest BCUT2D eigenvalue weighted by Gasteiger charge is -2.27. The van der Waals surface area contributed by atoms with Gasteiger partial charge >= 0.3 is 0 Å². The summed E-state index contributed by atoms with van der Waals surface area (Å²) < 4.78 is 53.6. The number of sulfonamides is 1. The second-order valence-corrected chi connectivity index (χ2v) is 9.59. The quantitative estimate of drug-likeness (QED) is 0.381. The van der Waals surface area contributed by atoms with Gasteiger partial charge in [-0.3, -0.25) is 9.40 Å². The number of rotatable bonds is 9. The zero-order chi connectivity index (χ0) is 23.7. The van der Waals surface area contributed by atoms with E-state index in [-0.39, 0.29) is 28.3 Å². The van der Waals surface area contributed by atoms with Crippen LogP contribution in [0.2, 0.25) is 0 Å². The summed E-state index contributed by atoms with van der Waals surface area (Å²) in [5.41, 5.74) is 1.24. The lowest BCUT2D eigenvalue weighted by Crippen LogP contribution is -2.26. The fraction of sp³-hybridized carbons (Fsp3) is 0.304. The van der Waals surface area contributed by atoms with Gasteiger partial charge in [0.25, 0.3) is 10.0 Å². The summed E-state index contributed by atoms with van der Waals surface area (Å²) in [7, 11) is -1.23. The smallest absolute Gasteiger partial charge is 0.270 e. The highest BCUT2D eigenvalue weighted by atomic mass is 32.2. The number of anilines is 1. The second-order valence-electron chi connectivity index (χ2n) is 7.97. The Morgan fingerprint density at radius 2 is 1.91 bits per heavy atom. The van der Waals surface area contributed by atoms with E-state index in [1.807, 2.05) is 12.3 Å². The summed E-state index contributed by atoms with van der Waals surface area (Å²) in [6.07, 6.45) is 6.35. The molecule has 1 fully saturated rings. The minimum absolute atomic E-state index is 0.0118. The standard InChI is InChI=1S/C23H24N4O6S/c1-30-17-8-4-9-18(32-16-6-3-7-16)22(17)34(28,29)26-23-21-19(31-2)12-15(13-20(21)33-25-23)14-27-11-5-10-24-27/h4-5,8-13,16H,3,6-7,14H2,1-2H3,(H,25,26). The molecule has 0 aliphatic heterocycles. The Hall–Kier alpha value is -3.73. The summed E-state index contributed by atoms with van der Waals surface area (Å²) >= 11 is 0. The SMILES string of the molecule is COc1cccc(OC2CCC2)c1S(=O)(=O)Nc1noc2cc(Cn3cccn3)cc(OC)c12. The van der Waals surface area contributed by atoms with Gasteiger partial charge in [0.05, 0.1) is 26.9 Å². The highest BCUT2D eigenvalue weighted by Gasteiger charge is 2.30. The number of methoxy groups -OCH3 is 2. The Morgan fingerprint density at radius 3 is 2.59 bits per heavy atom.